The van der Waals surface area contributed by atoms with E-state index in [4.69, 9.17) is 5.26 Å². The summed E-state index contributed by atoms with van der Waals surface area (Å²) in [6.07, 6.45) is 0. The maximum atomic E-state index is 12.4. The minimum atomic E-state index is 0.215. The highest BCUT2D eigenvalue weighted by Crippen LogP contribution is 2.19. The number of thioether (sulfide) groups is 1. The molecular weight excluding hydrogens is 342 g/mol. The highest BCUT2D eigenvalue weighted by atomic mass is 32.2. The fraction of sp³-hybridized carbons (Fsp3) is 0.333. The van der Waals surface area contributed by atoms with E-state index >= 15 is 0 Å². The van der Waals surface area contributed by atoms with Crippen molar-refractivity contribution >= 4 is 23.4 Å². The van der Waals surface area contributed by atoms with Crippen molar-refractivity contribution in [1.29, 1.82) is 5.26 Å². The Morgan fingerprint density at radius 3 is 2.50 bits per heavy atom. The molecule has 2 aromatic rings. The first-order valence-electron chi connectivity index (χ1n) is 8.82. The molecule has 0 saturated carbocycles. The van der Waals surface area contributed by atoms with Gasteiger partial charge in [0.25, 0.3) is 0 Å². The van der Waals surface area contributed by atoms with E-state index in [2.05, 4.69) is 42.2 Å². The fourth-order valence-corrected chi connectivity index (χ4v) is 3.95. The van der Waals surface area contributed by atoms with E-state index in [0.717, 1.165) is 37.5 Å². The van der Waals surface area contributed by atoms with Gasteiger partial charge in [0.05, 0.1) is 17.4 Å². The molecule has 1 heterocycles. The molecule has 0 aromatic heterocycles. The van der Waals surface area contributed by atoms with Crippen LogP contribution in [0.4, 0.5) is 5.69 Å². The maximum absolute atomic E-state index is 12.4. The van der Waals surface area contributed by atoms with Crippen molar-refractivity contribution < 1.29 is 4.79 Å². The van der Waals surface area contributed by atoms with Crippen LogP contribution in [0.2, 0.25) is 0 Å². The van der Waals surface area contributed by atoms with Crippen molar-refractivity contribution in [2.75, 3.05) is 36.8 Å². The van der Waals surface area contributed by atoms with E-state index in [-0.39, 0.29) is 5.91 Å². The summed E-state index contributed by atoms with van der Waals surface area (Å²) in [5.74, 6) is 1.51. The quantitative estimate of drug-likeness (QED) is 0.814. The fourth-order valence-electron chi connectivity index (χ4n) is 3.06. The number of anilines is 1. The SMILES string of the molecule is Cc1cccc(N2CCN(C(=O)CSCc3ccc(C#N)cc3)CC2)c1. The normalized spacial score (nSPS) is 14.2. The lowest BCUT2D eigenvalue weighted by Gasteiger charge is -2.36. The first-order valence-corrected chi connectivity index (χ1v) is 9.97. The summed E-state index contributed by atoms with van der Waals surface area (Å²) in [7, 11) is 0. The molecule has 0 unspecified atom stereocenters. The van der Waals surface area contributed by atoms with Gasteiger partial charge in [0.1, 0.15) is 0 Å². The number of piperazine rings is 1. The van der Waals surface area contributed by atoms with Gasteiger partial charge in [-0.25, -0.2) is 0 Å². The molecule has 0 spiro atoms. The monoisotopic (exact) mass is 365 g/mol. The summed E-state index contributed by atoms with van der Waals surface area (Å²) in [6.45, 7) is 5.44. The van der Waals surface area contributed by atoms with E-state index in [9.17, 15) is 4.79 Å². The lowest BCUT2D eigenvalue weighted by atomic mass is 10.2. The molecule has 0 radical (unpaired) electrons. The second-order valence-electron chi connectivity index (χ2n) is 6.51. The molecule has 0 aliphatic carbocycles. The molecule has 5 heteroatoms. The van der Waals surface area contributed by atoms with E-state index in [1.165, 1.54) is 11.3 Å². The van der Waals surface area contributed by atoms with Crippen LogP contribution in [-0.2, 0) is 10.5 Å². The number of carbonyl (C=O) groups is 1. The van der Waals surface area contributed by atoms with Crippen molar-refractivity contribution in [2.24, 2.45) is 0 Å². The Kier molecular flexibility index (Phi) is 6.19. The number of aryl methyl sites for hydroxylation is 1. The van der Waals surface area contributed by atoms with E-state index < -0.39 is 0 Å². The summed E-state index contributed by atoms with van der Waals surface area (Å²) in [4.78, 5) is 16.7. The summed E-state index contributed by atoms with van der Waals surface area (Å²) in [5, 5.41) is 8.82. The van der Waals surface area contributed by atoms with Crippen molar-refractivity contribution in [1.82, 2.24) is 4.90 Å². The van der Waals surface area contributed by atoms with Gasteiger partial charge >= 0.3 is 0 Å². The van der Waals surface area contributed by atoms with Gasteiger partial charge in [-0.05, 0) is 42.3 Å². The number of nitrogens with zero attached hydrogens (tertiary/aromatic N) is 3. The standard InChI is InChI=1S/C21H23N3OS/c1-17-3-2-4-20(13-17)23-9-11-24(12-10-23)21(25)16-26-15-19-7-5-18(14-22)6-8-19/h2-8,13H,9-12,15-16H2,1H3. The third-order valence-electron chi connectivity index (χ3n) is 4.58. The molecule has 134 valence electrons. The molecule has 4 nitrogen and oxygen atoms in total. The second-order valence-corrected chi connectivity index (χ2v) is 7.49. The number of benzene rings is 2. The Morgan fingerprint density at radius 2 is 1.85 bits per heavy atom. The van der Waals surface area contributed by atoms with Crippen LogP contribution < -0.4 is 4.90 Å². The number of hydrogen-bond acceptors (Lipinski definition) is 4. The molecule has 1 aliphatic rings. The Labute approximate surface area is 159 Å². The van der Waals surface area contributed by atoms with Gasteiger partial charge in [-0.15, -0.1) is 11.8 Å². The Bertz CT molecular complexity index is 790. The lowest BCUT2D eigenvalue weighted by molar-refractivity contribution is -0.128. The van der Waals surface area contributed by atoms with Crippen LogP contribution >= 0.6 is 11.8 Å². The number of amides is 1. The largest absolute Gasteiger partial charge is 0.368 e. The third-order valence-corrected chi connectivity index (χ3v) is 5.57. The molecule has 1 fully saturated rings. The molecule has 0 bridgehead atoms. The van der Waals surface area contributed by atoms with Crippen molar-refractivity contribution in [3.8, 4) is 6.07 Å². The third kappa shape index (κ3) is 4.80. The summed E-state index contributed by atoms with van der Waals surface area (Å²) in [6, 6.07) is 18.2. The van der Waals surface area contributed by atoms with E-state index in [1.54, 1.807) is 11.8 Å². The topological polar surface area (TPSA) is 47.3 Å². The molecule has 1 amide bonds. The van der Waals surface area contributed by atoms with Crippen molar-refractivity contribution in [2.45, 2.75) is 12.7 Å². The van der Waals surface area contributed by atoms with Crippen LogP contribution in [0.25, 0.3) is 0 Å². The van der Waals surface area contributed by atoms with Crippen molar-refractivity contribution in [3.05, 3.63) is 65.2 Å². The van der Waals surface area contributed by atoms with E-state index in [0.29, 0.717) is 11.3 Å². The highest BCUT2D eigenvalue weighted by molar-refractivity contribution is 7.99. The van der Waals surface area contributed by atoms with Gasteiger partial charge < -0.3 is 9.80 Å². The Hall–Kier alpha value is -2.45. The zero-order valence-electron chi connectivity index (χ0n) is 15.0. The Balaban J connectivity index is 1.42. The number of hydrogen-bond donors (Lipinski definition) is 0. The lowest BCUT2D eigenvalue weighted by Crippen LogP contribution is -2.49. The van der Waals surface area contributed by atoms with Crippen LogP contribution in [-0.4, -0.2) is 42.7 Å². The van der Waals surface area contributed by atoms with Gasteiger partial charge in [-0.1, -0.05) is 24.3 Å². The number of rotatable bonds is 5. The van der Waals surface area contributed by atoms with Gasteiger partial charge in [-0.3, -0.25) is 4.79 Å². The molecule has 2 aromatic carbocycles. The van der Waals surface area contributed by atoms with Crippen LogP contribution in [0.3, 0.4) is 0 Å². The van der Waals surface area contributed by atoms with Gasteiger partial charge in [0.15, 0.2) is 0 Å². The van der Waals surface area contributed by atoms with Gasteiger partial charge in [0.2, 0.25) is 5.91 Å². The predicted octanol–water partition coefficient (Wildman–Crippen LogP) is 3.45. The molecular formula is C21H23N3OS. The first-order chi connectivity index (χ1) is 12.7. The van der Waals surface area contributed by atoms with Crippen molar-refractivity contribution in [3.63, 3.8) is 0 Å². The molecule has 26 heavy (non-hydrogen) atoms. The average molecular weight is 366 g/mol. The molecule has 0 atom stereocenters. The van der Waals surface area contributed by atoms with Crippen LogP contribution in [0.15, 0.2) is 48.5 Å². The summed E-state index contributed by atoms with van der Waals surface area (Å²) < 4.78 is 0. The van der Waals surface area contributed by atoms with Crippen LogP contribution in [0.5, 0.6) is 0 Å². The average Bonchev–Trinajstić information content (AvgIpc) is 2.68. The smallest absolute Gasteiger partial charge is 0.232 e. The minimum Gasteiger partial charge on any atom is -0.368 e. The number of nitriles is 1. The number of carbonyl (C=O) groups excluding carboxylic acids is 1. The zero-order valence-corrected chi connectivity index (χ0v) is 15.8. The maximum Gasteiger partial charge on any atom is 0.232 e. The van der Waals surface area contributed by atoms with Crippen LogP contribution in [0, 0.1) is 18.3 Å². The Morgan fingerprint density at radius 1 is 1.12 bits per heavy atom. The van der Waals surface area contributed by atoms with Gasteiger partial charge in [-0.2, -0.15) is 5.26 Å². The molecule has 0 N–H and O–H groups in total. The summed E-state index contributed by atoms with van der Waals surface area (Å²) >= 11 is 1.63. The molecule has 1 aliphatic heterocycles. The van der Waals surface area contributed by atoms with E-state index in [1.807, 2.05) is 29.2 Å². The first kappa shape index (κ1) is 18.3. The second kappa shape index (κ2) is 8.77. The molecule has 1 saturated heterocycles. The molecule has 3 rings (SSSR count). The highest BCUT2D eigenvalue weighted by Gasteiger charge is 2.21. The van der Waals surface area contributed by atoms with Crippen LogP contribution in [0.1, 0.15) is 16.7 Å². The predicted molar refractivity (Wildman–Crippen MR) is 107 cm³/mol. The minimum absolute atomic E-state index is 0.215. The zero-order chi connectivity index (χ0) is 18.4. The van der Waals surface area contributed by atoms with Gasteiger partial charge in [0, 0.05) is 37.6 Å². The summed E-state index contributed by atoms with van der Waals surface area (Å²) in [5.41, 5.74) is 4.32.